The van der Waals surface area contributed by atoms with E-state index < -0.39 is 0 Å². The number of aryl methyl sites for hydroxylation is 1. The first-order chi connectivity index (χ1) is 16.0. The highest BCUT2D eigenvalue weighted by Gasteiger charge is 2.17. The summed E-state index contributed by atoms with van der Waals surface area (Å²) >= 11 is 0. The zero-order chi connectivity index (χ0) is 22.8. The molecular weight excluding hydrogens is 414 g/mol. The lowest BCUT2D eigenvalue weighted by Crippen LogP contribution is -2.36. The number of pyridine rings is 2. The van der Waals surface area contributed by atoms with E-state index in [0.717, 1.165) is 53.5 Å². The van der Waals surface area contributed by atoms with E-state index in [9.17, 15) is 4.79 Å². The number of aromatic nitrogens is 4. The van der Waals surface area contributed by atoms with Crippen LogP contribution in [0.2, 0.25) is 0 Å². The van der Waals surface area contributed by atoms with Crippen molar-refractivity contribution < 1.29 is 4.79 Å². The molecule has 0 radical (unpaired) electrons. The fourth-order valence-electron chi connectivity index (χ4n) is 4.18. The van der Waals surface area contributed by atoms with Gasteiger partial charge in [-0.1, -0.05) is 12.1 Å². The van der Waals surface area contributed by atoms with Gasteiger partial charge in [0.1, 0.15) is 5.82 Å². The van der Waals surface area contributed by atoms with Crippen LogP contribution in [0.4, 0.5) is 11.5 Å². The molecule has 33 heavy (non-hydrogen) atoms. The van der Waals surface area contributed by atoms with Crippen molar-refractivity contribution in [2.75, 3.05) is 30.8 Å². The second kappa shape index (κ2) is 8.99. The fraction of sp³-hybridized carbons (Fsp3) is 0.280. The molecule has 0 spiro atoms. The van der Waals surface area contributed by atoms with Crippen molar-refractivity contribution in [2.45, 2.75) is 18.9 Å². The third-order valence-corrected chi connectivity index (χ3v) is 6.09. The molecule has 168 valence electrons. The fourth-order valence-corrected chi connectivity index (χ4v) is 4.18. The van der Waals surface area contributed by atoms with Crippen LogP contribution in [-0.2, 0) is 7.05 Å². The Balaban J connectivity index is 1.31. The Kier molecular flexibility index (Phi) is 5.75. The van der Waals surface area contributed by atoms with E-state index in [0.29, 0.717) is 17.4 Å². The lowest BCUT2D eigenvalue weighted by atomic mass is 10.0. The number of nitrogens with zero attached hydrogens (tertiary/aromatic N) is 5. The number of anilines is 2. The molecule has 8 nitrogen and oxygen atoms in total. The summed E-state index contributed by atoms with van der Waals surface area (Å²) in [5.74, 6) is 0.273. The molecule has 4 aromatic rings. The zero-order valence-corrected chi connectivity index (χ0v) is 18.8. The predicted octanol–water partition coefficient (Wildman–Crippen LogP) is 3.79. The monoisotopic (exact) mass is 441 g/mol. The number of carbonyl (C=O) groups excluding carboxylic acids is 1. The summed E-state index contributed by atoms with van der Waals surface area (Å²) < 4.78 is 1.78. The number of carbonyl (C=O) groups is 1. The van der Waals surface area contributed by atoms with Crippen LogP contribution in [0.15, 0.2) is 61.3 Å². The number of fused-ring (bicyclic) bond motifs is 1. The third kappa shape index (κ3) is 4.85. The van der Waals surface area contributed by atoms with Gasteiger partial charge in [0, 0.05) is 48.8 Å². The lowest BCUT2D eigenvalue weighted by Gasteiger charge is -2.30. The second-order valence-electron chi connectivity index (χ2n) is 8.67. The average Bonchev–Trinajstić information content (AvgIpc) is 3.26. The van der Waals surface area contributed by atoms with Gasteiger partial charge in [-0.2, -0.15) is 5.10 Å². The van der Waals surface area contributed by atoms with Crippen LogP contribution in [0.1, 0.15) is 23.2 Å². The van der Waals surface area contributed by atoms with Crippen molar-refractivity contribution in [3.05, 3.63) is 66.9 Å². The number of hydrogen-bond acceptors (Lipinski definition) is 6. The van der Waals surface area contributed by atoms with Gasteiger partial charge >= 0.3 is 0 Å². The van der Waals surface area contributed by atoms with Crippen LogP contribution in [-0.4, -0.2) is 56.7 Å². The van der Waals surface area contributed by atoms with Gasteiger partial charge in [0.25, 0.3) is 5.91 Å². The van der Waals surface area contributed by atoms with Crippen LogP contribution in [0.5, 0.6) is 0 Å². The summed E-state index contributed by atoms with van der Waals surface area (Å²) in [6.07, 6.45) is 11.1. The topological polar surface area (TPSA) is 88.0 Å². The van der Waals surface area contributed by atoms with Gasteiger partial charge in [0.2, 0.25) is 0 Å². The molecular formula is C25H27N7O. The molecule has 1 aromatic carbocycles. The Hall–Kier alpha value is -3.78. The number of rotatable bonds is 5. The van der Waals surface area contributed by atoms with Crippen molar-refractivity contribution >= 4 is 28.2 Å². The Morgan fingerprint density at radius 1 is 0.970 bits per heavy atom. The molecule has 0 bridgehead atoms. The van der Waals surface area contributed by atoms with Crippen LogP contribution < -0.4 is 10.6 Å². The van der Waals surface area contributed by atoms with Crippen LogP contribution in [0, 0.1) is 0 Å². The minimum absolute atomic E-state index is 0.232. The van der Waals surface area contributed by atoms with Gasteiger partial charge in [-0.05, 0) is 62.1 Å². The zero-order valence-electron chi connectivity index (χ0n) is 18.8. The number of likely N-dealkylation sites (tertiary alicyclic amines) is 1. The first-order valence-electron chi connectivity index (χ1n) is 11.1. The van der Waals surface area contributed by atoms with Crippen molar-refractivity contribution in [3.63, 3.8) is 0 Å². The maximum Gasteiger partial charge on any atom is 0.258 e. The summed E-state index contributed by atoms with van der Waals surface area (Å²) in [5.41, 5.74) is 3.47. The standard InChI is InChI=1S/C25H27N7O/c1-31-7-5-22(6-8-31)29-23-10-20(12-26-15-23)25(33)30-24-11-19-9-17(3-4-18(19)13-27-24)21-14-28-32(2)16-21/h3-4,9-16,22,29H,5-8H2,1-2H3,(H,27,30,33). The Labute approximate surface area is 192 Å². The lowest BCUT2D eigenvalue weighted by molar-refractivity contribution is 0.102. The Bertz CT molecular complexity index is 1290. The molecule has 4 heterocycles. The van der Waals surface area contributed by atoms with Gasteiger partial charge in [0.05, 0.1) is 17.4 Å². The van der Waals surface area contributed by atoms with Crippen molar-refractivity contribution in [1.29, 1.82) is 0 Å². The van der Waals surface area contributed by atoms with Crippen molar-refractivity contribution in [1.82, 2.24) is 24.6 Å². The largest absolute Gasteiger partial charge is 0.381 e. The van der Waals surface area contributed by atoms with E-state index in [1.807, 2.05) is 43.7 Å². The average molecular weight is 442 g/mol. The first-order valence-corrected chi connectivity index (χ1v) is 11.1. The summed E-state index contributed by atoms with van der Waals surface area (Å²) in [6.45, 7) is 2.14. The van der Waals surface area contributed by atoms with E-state index in [-0.39, 0.29) is 5.91 Å². The molecule has 0 atom stereocenters. The van der Waals surface area contributed by atoms with Crippen molar-refractivity contribution in [3.8, 4) is 11.1 Å². The predicted molar refractivity (Wildman–Crippen MR) is 130 cm³/mol. The SMILES string of the molecule is CN1CCC(Nc2cncc(C(=O)Nc3cc4cc(-c5cnn(C)c5)ccc4cn3)c2)CC1. The normalized spacial score (nSPS) is 15.0. The van der Waals surface area contributed by atoms with E-state index in [1.54, 1.807) is 23.3 Å². The van der Waals surface area contributed by atoms with E-state index >= 15 is 0 Å². The molecule has 1 aliphatic heterocycles. The number of piperidine rings is 1. The number of benzene rings is 1. The summed E-state index contributed by atoms with van der Waals surface area (Å²) in [6, 6.07) is 10.3. The summed E-state index contributed by atoms with van der Waals surface area (Å²) in [7, 11) is 4.04. The number of hydrogen-bond donors (Lipinski definition) is 2. The highest BCUT2D eigenvalue weighted by atomic mass is 16.1. The molecule has 0 aliphatic carbocycles. The quantitative estimate of drug-likeness (QED) is 0.490. The molecule has 1 aliphatic rings. The molecule has 2 N–H and O–H groups in total. The number of nitrogens with one attached hydrogen (secondary N) is 2. The molecule has 0 saturated carbocycles. The van der Waals surface area contributed by atoms with Gasteiger partial charge in [0.15, 0.2) is 0 Å². The molecule has 5 rings (SSSR count). The van der Waals surface area contributed by atoms with Crippen LogP contribution >= 0.6 is 0 Å². The van der Waals surface area contributed by atoms with E-state index in [4.69, 9.17) is 0 Å². The number of amides is 1. The Morgan fingerprint density at radius 2 is 1.82 bits per heavy atom. The van der Waals surface area contributed by atoms with Crippen LogP contribution in [0.25, 0.3) is 21.9 Å². The second-order valence-corrected chi connectivity index (χ2v) is 8.67. The summed E-state index contributed by atoms with van der Waals surface area (Å²) in [5, 5.41) is 12.7. The van der Waals surface area contributed by atoms with Gasteiger partial charge in [-0.3, -0.25) is 14.5 Å². The Morgan fingerprint density at radius 3 is 2.61 bits per heavy atom. The molecule has 1 amide bonds. The van der Waals surface area contributed by atoms with Gasteiger partial charge < -0.3 is 15.5 Å². The maximum absolute atomic E-state index is 12.9. The minimum atomic E-state index is -0.232. The smallest absolute Gasteiger partial charge is 0.258 e. The minimum Gasteiger partial charge on any atom is -0.381 e. The molecule has 1 saturated heterocycles. The summed E-state index contributed by atoms with van der Waals surface area (Å²) in [4.78, 5) is 23.9. The van der Waals surface area contributed by atoms with Gasteiger partial charge in [-0.25, -0.2) is 4.98 Å². The molecule has 0 unspecified atom stereocenters. The maximum atomic E-state index is 12.9. The molecule has 1 fully saturated rings. The van der Waals surface area contributed by atoms with E-state index in [1.165, 1.54) is 0 Å². The molecule has 8 heteroatoms. The van der Waals surface area contributed by atoms with Crippen molar-refractivity contribution in [2.24, 2.45) is 7.05 Å². The van der Waals surface area contributed by atoms with E-state index in [2.05, 4.69) is 43.7 Å². The highest BCUT2D eigenvalue weighted by Crippen LogP contribution is 2.25. The first kappa shape index (κ1) is 21.1. The van der Waals surface area contributed by atoms with Crippen LogP contribution in [0.3, 0.4) is 0 Å². The van der Waals surface area contributed by atoms with Gasteiger partial charge in [-0.15, -0.1) is 0 Å². The highest BCUT2D eigenvalue weighted by molar-refractivity contribution is 6.04. The molecule has 3 aromatic heterocycles. The third-order valence-electron chi connectivity index (χ3n) is 6.09.